The van der Waals surface area contributed by atoms with Crippen LogP contribution in [0.3, 0.4) is 0 Å². The van der Waals surface area contributed by atoms with Gasteiger partial charge in [0.2, 0.25) is 21.8 Å². The number of carbonyl (C=O) groups excluding carboxylic acids is 2. The van der Waals surface area contributed by atoms with Gasteiger partial charge in [-0.3, -0.25) is 13.9 Å². The fourth-order valence-corrected chi connectivity index (χ4v) is 4.73. The zero-order valence-electron chi connectivity index (χ0n) is 19.1. The van der Waals surface area contributed by atoms with E-state index in [1.54, 1.807) is 57.2 Å². The van der Waals surface area contributed by atoms with Crippen LogP contribution in [0.2, 0.25) is 10.0 Å². The summed E-state index contributed by atoms with van der Waals surface area (Å²) in [6.07, 6.45) is 1.37. The minimum absolute atomic E-state index is 0.0558. The largest absolute Gasteiger partial charge is 0.355 e. The van der Waals surface area contributed by atoms with E-state index in [1.165, 1.54) is 11.0 Å². The third kappa shape index (κ3) is 7.09. The maximum absolute atomic E-state index is 13.6. The fraction of sp³-hybridized carbons (Fsp3) is 0.391. The van der Waals surface area contributed by atoms with E-state index in [0.29, 0.717) is 39.8 Å². The lowest BCUT2D eigenvalue weighted by atomic mass is 10.1. The van der Waals surface area contributed by atoms with E-state index in [9.17, 15) is 18.0 Å². The Kier molecular flexibility index (Phi) is 9.57. The molecule has 2 rings (SSSR count). The highest BCUT2D eigenvalue weighted by molar-refractivity contribution is 7.92. The molecular weight excluding hydrogens is 485 g/mol. The molecule has 0 fully saturated rings. The van der Waals surface area contributed by atoms with Gasteiger partial charge < -0.3 is 10.2 Å². The normalized spacial score (nSPS) is 12.2. The highest BCUT2D eigenvalue weighted by atomic mass is 35.5. The second-order valence-corrected chi connectivity index (χ2v) is 10.4. The summed E-state index contributed by atoms with van der Waals surface area (Å²) in [4.78, 5) is 27.7. The van der Waals surface area contributed by atoms with Gasteiger partial charge in [-0.2, -0.15) is 0 Å². The molecule has 180 valence electrons. The number of sulfonamides is 1. The summed E-state index contributed by atoms with van der Waals surface area (Å²) in [6, 6.07) is 11.1. The molecule has 0 saturated carbocycles. The Hall–Kier alpha value is -2.29. The number of amides is 2. The number of aryl methyl sites for hydroxylation is 1. The molecule has 0 aliphatic heterocycles. The van der Waals surface area contributed by atoms with Crippen molar-refractivity contribution in [3.63, 3.8) is 0 Å². The Morgan fingerprint density at radius 3 is 2.33 bits per heavy atom. The van der Waals surface area contributed by atoms with Crippen LogP contribution < -0.4 is 9.62 Å². The van der Waals surface area contributed by atoms with Crippen LogP contribution in [-0.4, -0.2) is 50.5 Å². The lowest BCUT2D eigenvalue weighted by molar-refractivity contribution is -0.140. The Morgan fingerprint density at radius 2 is 1.76 bits per heavy atom. The Bertz CT molecular complexity index is 1110. The second-order valence-electron chi connectivity index (χ2n) is 7.63. The number of likely N-dealkylation sites (N-methyl/N-ethyl adjacent to an activating group) is 1. The lowest BCUT2D eigenvalue weighted by Gasteiger charge is -2.33. The molecular formula is C23H29Cl2N3O4S. The number of benzene rings is 2. The average molecular weight is 514 g/mol. The average Bonchev–Trinajstić information content (AvgIpc) is 2.74. The number of nitrogens with one attached hydrogen (secondary N) is 1. The number of carbonyl (C=O) groups is 2. The first-order chi connectivity index (χ1) is 15.5. The molecule has 2 aromatic carbocycles. The number of hydrogen-bond acceptors (Lipinski definition) is 4. The van der Waals surface area contributed by atoms with Gasteiger partial charge in [-0.1, -0.05) is 54.4 Å². The predicted molar refractivity (Wildman–Crippen MR) is 133 cm³/mol. The maximum atomic E-state index is 13.6. The maximum Gasteiger partial charge on any atom is 0.244 e. The van der Waals surface area contributed by atoms with Gasteiger partial charge >= 0.3 is 0 Å². The third-order valence-corrected chi connectivity index (χ3v) is 6.88. The van der Waals surface area contributed by atoms with Crippen LogP contribution in [0.25, 0.3) is 0 Å². The van der Waals surface area contributed by atoms with Gasteiger partial charge in [0.25, 0.3) is 0 Å². The van der Waals surface area contributed by atoms with Crippen molar-refractivity contribution in [2.75, 3.05) is 23.7 Å². The molecule has 2 aromatic rings. The highest BCUT2D eigenvalue weighted by Gasteiger charge is 2.32. The number of rotatable bonds is 10. The molecule has 1 atom stereocenters. The van der Waals surface area contributed by atoms with Crippen molar-refractivity contribution in [3.8, 4) is 0 Å². The first-order valence-electron chi connectivity index (χ1n) is 10.5. The third-order valence-electron chi connectivity index (χ3n) is 5.15. The lowest BCUT2D eigenvalue weighted by Crippen LogP contribution is -2.52. The van der Waals surface area contributed by atoms with Crippen LogP contribution in [0.1, 0.15) is 31.4 Å². The van der Waals surface area contributed by atoms with Gasteiger partial charge in [-0.25, -0.2) is 8.42 Å². The van der Waals surface area contributed by atoms with Gasteiger partial charge in [-0.15, -0.1) is 0 Å². The second kappa shape index (κ2) is 11.7. The van der Waals surface area contributed by atoms with Gasteiger partial charge in [0.15, 0.2) is 0 Å². The molecule has 0 heterocycles. The van der Waals surface area contributed by atoms with Crippen molar-refractivity contribution >= 4 is 50.7 Å². The SMILES string of the molecule is CCNC(=O)[C@H](CC)N(Cc1ccccc1Cl)C(=O)CN(c1cc(Cl)ccc1C)S(C)(=O)=O. The topological polar surface area (TPSA) is 86.8 Å². The molecule has 0 radical (unpaired) electrons. The molecule has 7 nitrogen and oxygen atoms in total. The number of nitrogens with zero attached hydrogens (tertiary/aromatic N) is 2. The standard InChI is InChI=1S/C23H29Cl2N3O4S/c1-5-20(23(30)26-6-2)27(14-17-9-7-8-10-19(17)25)22(29)15-28(33(4,31)32)21-13-18(24)12-11-16(21)3/h7-13,20H,5-6,14-15H2,1-4H3,(H,26,30)/t20-/m0/s1. The molecule has 1 N–H and O–H groups in total. The zero-order valence-corrected chi connectivity index (χ0v) is 21.5. The molecule has 0 saturated heterocycles. The summed E-state index contributed by atoms with van der Waals surface area (Å²) in [5.74, 6) is -0.844. The molecule has 0 aliphatic carbocycles. The molecule has 33 heavy (non-hydrogen) atoms. The van der Waals surface area contributed by atoms with E-state index in [1.807, 2.05) is 0 Å². The minimum Gasteiger partial charge on any atom is -0.355 e. The molecule has 0 aliphatic rings. The minimum atomic E-state index is -3.83. The van der Waals surface area contributed by atoms with Gasteiger partial charge in [0.1, 0.15) is 12.6 Å². The van der Waals surface area contributed by atoms with Crippen LogP contribution in [-0.2, 0) is 26.2 Å². The quantitative estimate of drug-likeness (QED) is 0.519. The molecule has 0 aromatic heterocycles. The Labute approximate surface area is 205 Å². The van der Waals surface area contributed by atoms with Crippen LogP contribution in [0.4, 0.5) is 5.69 Å². The number of hydrogen-bond donors (Lipinski definition) is 1. The van der Waals surface area contributed by atoms with Crippen molar-refractivity contribution in [3.05, 3.63) is 63.6 Å². The van der Waals surface area contributed by atoms with Crippen LogP contribution in [0.5, 0.6) is 0 Å². The number of anilines is 1. The van der Waals surface area contributed by atoms with Crippen LogP contribution in [0, 0.1) is 6.92 Å². The van der Waals surface area contributed by atoms with E-state index < -0.39 is 28.5 Å². The summed E-state index contributed by atoms with van der Waals surface area (Å²) >= 11 is 12.4. The van der Waals surface area contributed by atoms with E-state index in [4.69, 9.17) is 23.2 Å². The molecule has 10 heteroatoms. The van der Waals surface area contributed by atoms with E-state index in [2.05, 4.69) is 5.32 Å². The van der Waals surface area contributed by atoms with Crippen LogP contribution in [0.15, 0.2) is 42.5 Å². The molecule has 2 amide bonds. The smallest absolute Gasteiger partial charge is 0.244 e. The van der Waals surface area contributed by atoms with E-state index >= 15 is 0 Å². The van der Waals surface area contributed by atoms with Crippen molar-refractivity contribution in [2.24, 2.45) is 0 Å². The van der Waals surface area contributed by atoms with Crippen molar-refractivity contribution < 1.29 is 18.0 Å². The summed E-state index contributed by atoms with van der Waals surface area (Å²) in [6.45, 7) is 5.29. The predicted octanol–water partition coefficient (Wildman–Crippen LogP) is 4.01. The van der Waals surface area contributed by atoms with Gasteiger partial charge in [-0.05, 0) is 49.6 Å². The van der Waals surface area contributed by atoms with E-state index in [0.717, 1.165) is 10.6 Å². The zero-order chi connectivity index (χ0) is 24.8. The summed E-state index contributed by atoms with van der Waals surface area (Å²) in [7, 11) is -3.83. The van der Waals surface area contributed by atoms with Gasteiger partial charge in [0.05, 0.1) is 11.9 Å². The molecule has 0 bridgehead atoms. The van der Waals surface area contributed by atoms with Crippen LogP contribution >= 0.6 is 23.2 Å². The molecule has 0 unspecified atom stereocenters. The fourth-order valence-electron chi connectivity index (χ4n) is 3.47. The summed E-state index contributed by atoms with van der Waals surface area (Å²) in [5.41, 5.74) is 1.60. The Morgan fingerprint density at radius 1 is 1.09 bits per heavy atom. The summed E-state index contributed by atoms with van der Waals surface area (Å²) < 4.78 is 26.3. The Balaban J connectivity index is 2.49. The monoisotopic (exact) mass is 513 g/mol. The summed E-state index contributed by atoms with van der Waals surface area (Å²) in [5, 5.41) is 3.55. The first kappa shape index (κ1) is 27.0. The van der Waals surface area contributed by atoms with Crippen molar-refractivity contribution in [2.45, 2.75) is 39.8 Å². The molecule has 0 spiro atoms. The first-order valence-corrected chi connectivity index (χ1v) is 13.1. The van der Waals surface area contributed by atoms with Crippen molar-refractivity contribution in [1.82, 2.24) is 10.2 Å². The number of halogens is 2. The van der Waals surface area contributed by atoms with Crippen molar-refractivity contribution in [1.29, 1.82) is 0 Å². The van der Waals surface area contributed by atoms with E-state index in [-0.39, 0.29) is 12.5 Å². The highest BCUT2D eigenvalue weighted by Crippen LogP contribution is 2.27. The van der Waals surface area contributed by atoms with Gasteiger partial charge in [0, 0.05) is 23.1 Å².